The third kappa shape index (κ3) is 4.09. The summed E-state index contributed by atoms with van der Waals surface area (Å²) in [6.07, 6.45) is 2.33. The molecule has 1 saturated heterocycles. The van der Waals surface area contributed by atoms with Gasteiger partial charge in [-0.05, 0) is 37.1 Å². The van der Waals surface area contributed by atoms with E-state index in [1.54, 1.807) is 11.8 Å². The van der Waals surface area contributed by atoms with Gasteiger partial charge >= 0.3 is 0 Å². The van der Waals surface area contributed by atoms with Crippen LogP contribution in [-0.2, 0) is 14.8 Å². The van der Waals surface area contributed by atoms with Crippen molar-refractivity contribution in [2.75, 3.05) is 26.2 Å². The third-order valence-electron chi connectivity index (χ3n) is 4.09. The zero-order valence-corrected chi connectivity index (χ0v) is 14.4. The van der Waals surface area contributed by atoms with Crippen molar-refractivity contribution < 1.29 is 17.6 Å². The highest BCUT2D eigenvalue weighted by Gasteiger charge is 2.30. The first-order valence-electron chi connectivity index (χ1n) is 7.90. The number of rotatable bonds is 5. The lowest BCUT2D eigenvalue weighted by Crippen LogP contribution is -2.50. The number of sulfonamides is 1. The predicted molar refractivity (Wildman–Crippen MR) is 86.0 cm³/mol. The van der Waals surface area contributed by atoms with E-state index in [1.807, 2.05) is 6.92 Å². The van der Waals surface area contributed by atoms with Gasteiger partial charge in [0.1, 0.15) is 5.82 Å². The molecule has 0 unspecified atom stereocenters. The highest BCUT2D eigenvalue weighted by atomic mass is 32.2. The van der Waals surface area contributed by atoms with Crippen LogP contribution in [0.25, 0.3) is 0 Å². The summed E-state index contributed by atoms with van der Waals surface area (Å²) in [4.78, 5) is 13.8. The van der Waals surface area contributed by atoms with Gasteiger partial charge in [0, 0.05) is 32.6 Å². The molecule has 7 heteroatoms. The van der Waals surface area contributed by atoms with E-state index >= 15 is 0 Å². The van der Waals surface area contributed by atoms with Gasteiger partial charge in [-0.2, -0.15) is 4.31 Å². The summed E-state index contributed by atoms with van der Waals surface area (Å²) >= 11 is 0. The van der Waals surface area contributed by atoms with Crippen LogP contribution in [0.2, 0.25) is 0 Å². The Morgan fingerprint density at radius 1 is 1.22 bits per heavy atom. The molecule has 5 nitrogen and oxygen atoms in total. The monoisotopic (exact) mass is 342 g/mol. The lowest BCUT2D eigenvalue weighted by Gasteiger charge is -2.34. The van der Waals surface area contributed by atoms with Crippen molar-refractivity contribution in [1.29, 1.82) is 0 Å². The molecule has 1 aromatic rings. The highest BCUT2D eigenvalue weighted by molar-refractivity contribution is 7.89. The van der Waals surface area contributed by atoms with E-state index in [-0.39, 0.29) is 23.9 Å². The Kier molecular flexibility index (Phi) is 5.75. The minimum absolute atomic E-state index is 0.0851. The van der Waals surface area contributed by atoms with Crippen LogP contribution in [0.3, 0.4) is 0 Å². The van der Waals surface area contributed by atoms with Crippen molar-refractivity contribution in [2.24, 2.45) is 0 Å². The molecule has 0 atom stereocenters. The minimum atomic E-state index is -3.65. The lowest BCUT2D eigenvalue weighted by molar-refractivity contribution is -0.132. The van der Waals surface area contributed by atoms with Gasteiger partial charge in [-0.25, -0.2) is 12.8 Å². The molecular formula is C16H23FN2O3S. The normalized spacial score (nSPS) is 16.6. The zero-order valence-electron chi connectivity index (χ0n) is 13.6. The van der Waals surface area contributed by atoms with Crippen LogP contribution < -0.4 is 0 Å². The SMILES string of the molecule is CCCCC(=O)N1CCN(S(=O)(=O)c2ccc(F)cc2C)CC1. The summed E-state index contributed by atoms with van der Waals surface area (Å²) in [5.74, 6) is -0.366. The summed E-state index contributed by atoms with van der Waals surface area (Å²) in [5, 5.41) is 0. The molecular weight excluding hydrogens is 319 g/mol. The van der Waals surface area contributed by atoms with Gasteiger partial charge in [0.15, 0.2) is 0 Å². The summed E-state index contributed by atoms with van der Waals surface area (Å²) in [7, 11) is -3.65. The molecule has 0 radical (unpaired) electrons. The molecule has 2 rings (SSSR count). The maximum absolute atomic E-state index is 13.2. The number of nitrogens with zero attached hydrogens (tertiary/aromatic N) is 2. The fourth-order valence-corrected chi connectivity index (χ4v) is 4.33. The smallest absolute Gasteiger partial charge is 0.243 e. The van der Waals surface area contributed by atoms with E-state index in [9.17, 15) is 17.6 Å². The number of hydrogen-bond donors (Lipinski definition) is 0. The maximum atomic E-state index is 13.2. The van der Waals surface area contributed by atoms with Crippen LogP contribution in [-0.4, -0.2) is 49.7 Å². The Bertz CT molecular complexity index is 668. The molecule has 1 fully saturated rings. The molecule has 128 valence electrons. The van der Waals surface area contributed by atoms with Crippen molar-refractivity contribution in [2.45, 2.75) is 38.0 Å². The molecule has 0 aromatic heterocycles. The van der Waals surface area contributed by atoms with E-state index in [2.05, 4.69) is 0 Å². The van der Waals surface area contributed by atoms with E-state index < -0.39 is 15.8 Å². The number of carbonyl (C=O) groups is 1. The molecule has 1 aliphatic rings. The van der Waals surface area contributed by atoms with Crippen LogP contribution in [0, 0.1) is 12.7 Å². The molecule has 1 heterocycles. The van der Waals surface area contributed by atoms with Crippen molar-refractivity contribution in [1.82, 2.24) is 9.21 Å². The van der Waals surface area contributed by atoms with E-state index in [1.165, 1.54) is 16.4 Å². The van der Waals surface area contributed by atoms with Crippen LogP contribution in [0.1, 0.15) is 31.7 Å². The van der Waals surface area contributed by atoms with Gasteiger partial charge in [0.05, 0.1) is 4.90 Å². The Morgan fingerprint density at radius 3 is 2.43 bits per heavy atom. The highest BCUT2D eigenvalue weighted by Crippen LogP contribution is 2.22. The van der Waals surface area contributed by atoms with Crippen LogP contribution >= 0.6 is 0 Å². The van der Waals surface area contributed by atoms with Crippen molar-refractivity contribution in [3.8, 4) is 0 Å². The molecule has 0 spiro atoms. The maximum Gasteiger partial charge on any atom is 0.243 e. The number of piperazine rings is 1. The second-order valence-electron chi connectivity index (χ2n) is 5.80. The lowest BCUT2D eigenvalue weighted by atomic mass is 10.2. The van der Waals surface area contributed by atoms with Gasteiger partial charge in [0.2, 0.25) is 15.9 Å². The Labute approximate surface area is 137 Å². The Balaban J connectivity index is 2.05. The first-order valence-corrected chi connectivity index (χ1v) is 9.34. The summed E-state index contributed by atoms with van der Waals surface area (Å²) in [5.41, 5.74) is 0.395. The molecule has 1 amide bonds. The first kappa shape index (κ1) is 17.9. The average molecular weight is 342 g/mol. The second kappa shape index (κ2) is 7.40. The fraction of sp³-hybridized carbons (Fsp3) is 0.562. The van der Waals surface area contributed by atoms with Crippen LogP contribution in [0.15, 0.2) is 23.1 Å². The number of aryl methyl sites for hydroxylation is 1. The number of halogens is 1. The molecule has 0 N–H and O–H groups in total. The number of amides is 1. The van der Waals surface area contributed by atoms with E-state index in [0.29, 0.717) is 25.1 Å². The summed E-state index contributed by atoms with van der Waals surface area (Å²) in [6, 6.07) is 3.68. The molecule has 1 aromatic carbocycles. The predicted octanol–water partition coefficient (Wildman–Crippen LogP) is 2.16. The number of benzene rings is 1. The van der Waals surface area contributed by atoms with E-state index in [4.69, 9.17) is 0 Å². The van der Waals surface area contributed by atoms with Crippen molar-refractivity contribution in [3.05, 3.63) is 29.6 Å². The largest absolute Gasteiger partial charge is 0.340 e. The first-order chi connectivity index (χ1) is 10.9. The standard InChI is InChI=1S/C16H23FN2O3S/c1-3-4-5-16(20)18-8-10-19(11-9-18)23(21,22)15-7-6-14(17)12-13(15)2/h6-7,12H,3-5,8-11H2,1-2H3. The van der Waals surface area contributed by atoms with Crippen LogP contribution in [0.5, 0.6) is 0 Å². The van der Waals surface area contributed by atoms with Gasteiger partial charge in [0.25, 0.3) is 0 Å². The zero-order chi connectivity index (χ0) is 17.0. The van der Waals surface area contributed by atoms with Gasteiger partial charge in [-0.1, -0.05) is 13.3 Å². The summed E-state index contributed by atoms with van der Waals surface area (Å²) < 4.78 is 39.9. The average Bonchev–Trinajstić information content (AvgIpc) is 2.52. The fourth-order valence-electron chi connectivity index (χ4n) is 2.71. The Hall–Kier alpha value is -1.47. The van der Waals surface area contributed by atoms with Crippen molar-refractivity contribution >= 4 is 15.9 Å². The van der Waals surface area contributed by atoms with Gasteiger partial charge in [-0.15, -0.1) is 0 Å². The second-order valence-corrected chi connectivity index (χ2v) is 7.70. The molecule has 0 aliphatic carbocycles. The molecule has 0 saturated carbocycles. The molecule has 1 aliphatic heterocycles. The topological polar surface area (TPSA) is 57.7 Å². The van der Waals surface area contributed by atoms with Gasteiger partial charge < -0.3 is 4.90 Å². The number of unbranched alkanes of at least 4 members (excludes halogenated alkanes) is 1. The third-order valence-corrected chi connectivity index (χ3v) is 6.15. The molecule has 23 heavy (non-hydrogen) atoms. The van der Waals surface area contributed by atoms with Crippen molar-refractivity contribution in [3.63, 3.8) is 0 Å². The quantitative estimate of drug-likeness (QED) is 0.824. The number of hydrogen-bond acceptors (Lipinski definition) is 3. The Morgan fingerprint density at radius 2 is 1.87 bits per heavy atom. The van der Waals surface area contributed by atoms with Gasteiger partial charge in [-0.3, -0.25) is 4.79 Å². The summed E-state index contributed by atoms with van der Waals surface area (Å²) in [6.45, 7) is 4.97. The van der Waals surface area contributed by atoms with E-state index in [0.717, 1.165) is 18.9 Å². The van der Waals surface area contributed by atoms with Crippen LogP contribution in [0.4, 0.5) is 4.39 Å². The molecule has 0 bridgehead atoms. The minimum Gasteiger partial charge on any atom is -0.340 e. The number of carbonyl (C=O) groups excluding carboxylic acids is 1.